The van der Waals surface area contributed by atoms with Crippen LogP contribution >= 0.6 is 0 Å². The van der Waals surface area contributed by atoms with Crippen molar-refractivity contribution in [1.29, 1.82) is 0 Å². The number of hydrogen-bond acceptors (Lipinski definition) is 5. The second-order valence-electron chi connectivity index (χ2n) is 7.57. The van der Waals surface area contributed by atoms with Crippen LogP contribution in [0.3, 0.4) is 0 Å². The zero-order valence-corrected chi connectivity index (χ0v) is 17.1. The molecule has 1 aromatic carbocycles. The number of aromatic nitrogens is 1. The molecule has 2 bridgehead atoms. The highest BCUT2D eigenvalue weighted by Crippen LogP contribution is 2.39. The number of ether oxygens (including phenoxy) is 1. The molecule has 1 amide bonds. The van der Waals surface area contributed by atoms with E-state index in [9.17, 15) is 18.0 Å². The Bertz CT molecular complexity index is 1130. The number of carbonyl (C=O) groups is 1. The van der Waals surface area contributed by atoms with E-state index >= 15 is 0 Å². The van der Waals surface area contributed by atoms with Gasteiger partial charge in [-0.1, -0.05) is 6.07 Å². The summed E-state index contributed by atoms with van der Waals surface area (Å²) < 4.78 is 35.5. The van der Waals surface area contributed by atoms with Gasteiger partial charge in [-0.05, 0) is 36.6 Å². The molecule has 154 valence electrons. The SMILES string of the molecule is COc1ccc(NC(C)=O)cc1S(=O)(=O)N1C[C@H]2C[C@@H](C1)c1cccc(=O)n1C2. The molecule has 2 aliphatic rings. The van der Waals surface area contributed by atoms with Crippen LogP contribution in [-0.4, -0.2) is 43.4 Å². The molecule has 2 atom stereocenters. The van der Waals surface area contributed by atoms with Crippen molar-refractivity contribution in [2.45, 2.75) is 30.7 Å². The maximum absolute atomic E-state index is 13.5. The Morgan fingerprint density at radius 2 is 1.97 bits per heavy atom. The van der Waals surface area contributed by atoms with Gasteiger partial charge in [0.25, 0.3) is 5.56 Å². The number of carbonyl (C=O) groups excluding carboxylic acids is 1. The summed E-state index contributed by atoms with van der Waals surface area (Å²) in [5.74, 6) is -0.0177. The summed E-state index contributed by atoms with van der Waals surface area (Å²) in [4.78, 5) is 23.6. The normalized spacial score (nSPS) is 21.3. The largest absolute Gasteiger partial charge is 0.495 e. The van der Waals surface area contributed by atoms with Gasteiger partial charge in [0.15, 0.2) is 0 Å². The highest BCUT2D eigenvalue weighted by Gasteiger charge is 2.40. The molecule has 1 fully saturated rings. The minimum Gasteiger partial charge on any atom is -0.495 e. The standard InChI is InChI=1S/C20H23N3O5S/c1-13(24)21-16-6-7-18(28-2)19(9-16)29(26,27)22-10-14-8-15(12-22)17-4-3-5-20(25)23(17)11-14/h3-7,9,14-15H,8,10-12H2,1-2H3,(H,21,24)/t14-,15+/m1/s1. The van der Waals surface area contributed by atoms with E-state index in [0.29, 0.717) is 25.3 Å². The van der Waals surface area contributed by atoms with Gasteiger partial charge in [0.05, 0.1) is 7.11 Å². The lowest BCUT2D eigenvalue weighted by atomic mass is 9.84. The summed E-state index contributed by atoms with van der Waals surface area (Å²) >= 11 is 0. The molecule has 29 heavy (non-hydrogen) atoms. The van der Waals surface area contributed by atoms with Gasteiger partial charge in [0.1, 0.15) is 10.6 Å². The quantitative estimate of drug-likeness (QED) is 0.815. The van der Waals surface area contributed by atoms with Crippen molar-refractivity contribution in [2.75, 3.05) is 25.5 Å². The predicted molar refractivity (Wildman–Crippen MR) is 108 cm³/mol. The van der Waals surface area contributed by atoms with E-state index in [1.165, 1.54) is 36.5 Å². The van der Waals surface area contributed by atoms with Gasteiger partial charge < -0.3 is 14.6 Å². The van der Waals surface area contributed by atoms with Gasteiger partial charge >= 0.3 is 0 Å². The van der Waals surface area contributed by atoms with Crippen molar-refractivity contribution in [2.24, 2.45) is 5.92 Å². The number of rotatable bonds is 4. The van der Waals surface area contributed by atoms with Crippen LogP contribution < -0.4 is 15.6 Å². The van der Waals surface area contributed by atoms with Crippen molar-refractivity contribution in [3.63, 3.8) is 0 Å². The molecule has 2 aliphatic heterocycles. The average molecular weight is 417 g/mol. The minimum absolute atomic E-state index is 0.0247. The number of nitrogens with zero attached hydrogens (tertiary/aromatic N) is 2. The van der Waals surface area contributed by atoms with Crippen LogP contribution in [-0.2, 0) is 21.4 Å². The minimum atomic E-state index is -3.85. The smallest absolute Gasteiger partial charge is 0.250 e. The number of methoxy groups -OCH3 is 1. The third-order valence-electron chi connectivity index (χ3n) is 5.55. The number of benzene rings is 1. The van der Waals surface area contributed by atoms with Crippen molar-refractivity contribution >= 4 is 21.6 Å². The average Bonchev–Trinajstić information content (AvgIpc) is 2.68. The third-order valence-corrected chi connectivity index (χ3v) is 7.40. The first-order valence-corrected chi connectivity index (χ1v) is 10.9. The maximum Gasteiger partial charge on any atom is 0.250 e. The summed E-state index contributed by atoms with van der Waals surface area (Å²) in [5, 5.41) is 2.62. The van der Waals surface area contributed by atoms with Gasteiger partial charge in [0, 0.05) is 49.9 Å². The van der Waals surface area contributed by atoms with Crippen LogP contribution in [0.2, 0.25) is 0 Å². The van der Waals surface area contributed by atoms with Crippen LogP contribution in [0.15, 0.2) is 46.1 Å². The summed E-state index contributed by atoms with van der Waals surface area (Å²) in [6, 6.07) is 9.73. The van der Waals surface area contributed by atoms with Gasteiger partial charge in [-0.25, -0.2) is 8.42 Å². The molecular formula is C20H23N3O5S. The van der Waals surface area contributed by atoms with Gasteiger partial charge in [0.2, 0.25) is 15.9 Å². The first kappa shape index (κ1) is 19.7. The highest BCUT2D eigenvalue weighted by molar-refractivity contribution is 7.89. The molecule has 1 saturated heterocycles. The maximum atomic E-state index is 13.5. The molecule has 4 rings (SSSR count). The Balaban J connectivity index is 1.70. The lowest BCUT2D eigenvalue weighted by Gasteiger charge is -2.42. The van der Waals surface area contributed by atoms with Crippen LogP contribution in [0.1, 0.15) is 25.0 Å². The number of anilines is 1. The number of fused-ring (bicyclic) bond motifs is 4. The Kier molecular flexibility index (Phi) is 4.95. The van der Waals surface area contributed by atoms with Gasteiger partial charge in [-0.15, -0.1) is 0 Å². The summed E-state index contributed by atoms with van der Waals surface area (Å²) in [7, 11) is -2.43. The number of pyridine rings is 1. The Hall–Kier alpha value is -2.65. The van der Waals surface area contributed by atoms with E-state index in [2.05, 4.69) is 5.32 Å². The molecule has 0 spiro atoms. The lowest BCUT2D eigenvalue weighted by Crippen LogP contribution is -2.49. The molecule has 0 aliphatic carbocycles. The molecule has 9 heteroatoms. The molecule has 0 radical (unpaired) electrons. The molecule has 2 aromatic rings. The van der Waals surface area contributed by atoms with E-state index in [4.69, 9.17) is 4.74 Å². The lowest BCUT2D eigenvalue weighted by molar-refractivity contribution is -0.114. The second-order valence-corrected chi connectivity index (χ2v) is 9.47. The van der Waals surface area contributed by atoms with Crippen LogP contribution in [0.25, 0.3) is 0 Å². The van der Waals surface area contributed by atoms with Crippen molar-refractivity contribution < 1.29 is 17.9 Å². The monoisotopic (exact) mass is 417 g/mol. The molecule has 8 nitrogen and oxygen atoms in total. The van der Waals surface area contributed by atoms with Crippen molar-refractivity contribution in [3.05, 3.63) is 52.4 Å². The predicted octanol–water partition coefficient (Wildman–Crippen LogP) is 1.62. The molecule has 1 aromatic heterocycles. The zero-order valence-electron chi connectivity index (χ0n) is 16.3. The number of hydrogen-bond donors (Lipinski definition) is 1. The van der Waals surface area contributed by atoms with Crippen LogP contribution in [0.4, 0.5) is 5.69 Å². The Morgan fingerprint density at radius 1 is 1.17 bits per heavy atom. The zero-order chi connectivity index (χ0) is 20.8. The fourth-order valence-corrected chi connectivity index (χ4v) is 6.09. The number of amides is 1. The fraction of sp³-hybridized carbons (Fsp3) is 0.400. The molecule has 0 unspecified atom stereocenters. The van der Waals surface area contributed by atoms with E-state index in [0.717, 1.165) is 12.1 Å². The second kappa shape index (κ2) is 7.31. The molecular weight excluding hydrogens is 394 g/mol. The number of piperidine rings is 1. The van der Waals surface area contributed by atoms with Crippen molar-refractivity contribution in [3.8, 4) is 5.75 Å². The van der Waals surface area contributed by atoms with Crippen molar-refractivity contribution in [1.82, 2.24) is 8.87 Å². The summed E-state index contributed by atoms with van der Waals surface area (Å²) in [5.41, 5.74) is 1.23. The van der Waals surface area contributed by atoms with E-state index < -0.39 is 10.0 Å². The van der Waals surface area contributed by atoms with E-state index in [-0.39, 0.29) is 33.9 Å². The van der Waals surface area contributed by atoms with Crippen LogP contribution in [0.5, 0.6) is 5.75 Å². The fourth-order valence-electron chi connectivity index (χ4n) is 4.35. The van der Waals surface area contributed by atoms with Gasteiger partial charge in [-0.3, -0.25) is 9.59 Å². The molecule has 0 saturated carbocycles. The van der Waals surface area contributed by atoms with Crippen LogP contribution in [0, 0.1) is 5.92 Å². The molecule has 3 heterocycles. The summed E-state index contributed by atoms with van der Waals surface area (Å²) in [6.45, 7) is 2.52. The Labute approximate surface area is 169 Å². The topological polar surface area (TPSA) is 97.7 Å². The first-order chi connectivity index (χ1) is 13.8. The number of sulfonamides is 1. The van der Waals surface area contributed by atoms with E-state index in [1.54, 1.807) is 16.7 Å². The highest BCUT2D eigenvalue weighted by atomic mass is 32.2. The van der Waals surface area contributed by atoms with Gasteiger partial charge in [-0.2, -0.15) is 4.31 Å². The first-order valence-electron chi connectivity index (χ1n) is 9.45. The Morgan fingerprint density at radius 3 is 2.69 bits per heavy atom. The van der Waals surface area contributed by atoms with E-state index in [1.807, 2.05) is 6.07 Å². The number of nitrogens with one attached hydrogen (secondary N) is 1. The molecule has 1 N–H and O–H groups in total. The third kappa shape index (κ3) is 3.56. The summed E-state index contributed by atoms with van der Waals surface area (Å²) in [6.07, 6.45) is 0.860.